The van der Waals surface area contributed by atoms with E-state index in [1.54, 1.807) is 6.07 Å². The molecule has 0 bridgehead atoms. The highest BCUT2D eigenvalue weighted by molar-refractivity contribution is 7.89. The van der Waals surface area contributed by atoms with E-state index in [1.165, 1.54) is 12.7 Å². The molecular weight excluding hydrogens is 350 g/mol. The van der Waals surface area contributed by atoms with Crippen LogP contribution in [0.3, 0.4) is 0 Å². The summed E-state index contributed by atoms with van der Waals surface area (Å²) in [5.41, 5.74) is 3.14. The second-order valence-electron chi connectivity index (χ2n) is 6.38. The molecule has 2 aromatic carbocycles. The van der Waals surface area contributed by atoms with E-state index >= 15 is 0 Å². The van der Waals surface area contributed by atoms with E-state index in [-0.39, 0.29) is 11.4 Å². The Hall–Kier alpha value is -2.05. The van der Waals surface area contributed by atoms with Gasteiger partial charge in [-0.15, -0.1) is 0 Å². The molecule has 0 unspecified atom stereocenters. The van der Waals surface area contributed by atoms with Crippen molar-refractivity contribution in [2.24, 2.45) is 0 Å². The summed E-state index contributed by atoms with van der Waals surface area (Å²) in [6, 6.07) is 11.1. The molecule has 6 heteroatoms. The topological polar surface area (TPSA) is 64.6 Å². The monoisotopic (exact) mass is 375 g/mol. The second kappa shape index (κ2) is 8.10. The van der Waals surface area contributed by atoms with Gasteiger partial charge in [0.1, 0.15) is 16.4 Å². The quantitative estimate of drug-likeness (QED) is 0.805. The summed E-state index contributed by atoms with van der Waals surface area (Å²) < 4.78 is 39.2. The third-order valence-electron chi connectivity index (χ3n) is 4.59. The van der Waals surface area contributed by atoms with Crippen LogP contribution in [-0.4, -0.2) is 22.1 Å². The third kappa shape index (κ3) is 4.19. The lowest BCUT2D eigenvalue weighted by molar-refractivity contribution is 0.340. The highest BCUT2D eigenvalue weighted by Crippen LogP contribution is 2.32. The summed E-state index contributed by atoms with van der Waals surface area (Å²) >= 11 is 0. The van der Waals surface area contributed by atoms with Gasteiger partial charge in [0.25, 0.3) is 0 Å². The van der Waals surface area contributed by atoms with Crippen LogP contribution in [0.4, 0.5) is 0 Å². The lowest BCUT2D eigenvalue weighted by Gasteiger charge is -2.19. The van der Waals surface area contributed by atoms with Crippen molar-refractivity contribution in [1.29, 1.82) is 0 Å². The standard InChI is InChI=1S/C20H25NO4S/c1-3-25-18-10-6-7-15(11-18)14-21-26(22,23)20-13-17-9-5-4-8-16(17)12-19(20)24-2/h6-7,10-13,21H,3-5,8-9,14H2,1-2H3. The molecule has 0 radical (unpaired) electrons. The smallest absolute Gasteiger partial charge is 0.244 e. The molecule has 1 N–H and O–H groups in total. The molecule has 0 saturated carbocycles. The number of aryl methyl sites for hydroxylation is 2. The molecule has 0 atom stereocenters. The van der Waals surface area contributed by atoms with E-state index in [9.17, 15) is 8.42 Å². The van der Waals surface area contributed by atoms with Gasteiger partial charge in [0.15, 0.2) is 0 Å². The maximum atomic E-state index is 12.9. The SMILES string of the molecule is CCOc1cccc(CNS(=O)(=O)c2cc3c(cc2OC)CCCC3)c1. The maximum Gasteiger partial charge on any atom is 0.244 e. The van der Waals surface area contributed by atoms with E-state index in [0.717, 1.165) is 42.6 Å². The van der Waals surface area contributed by atoms with Gasteiger partial charge in [0, 0.05) is 6.54 Å². The fourth-order valence-corrected chi connectivity index (χ4v) is 4.49. The fourth-order valence-electron chi connectivity index (χ4n) is 3.28. The van der Waals surface area contributed by atoms with Gasteiger partial charge in [-0.2, -0.15) is 0 Å². The zero-order chi connectivity index (χ0) is 18.6. The summed E-state index contributed by atoms with van der Waals surface area (Å²) in [5.74, 6) is 1.14. The van der Waals surface area contributed by atoms with Gasteiger partial charge in [-0.3, -0.25) is 0 Å². The summed E-state index contributed by atoms with van der Waals surface area (Å²) in [5, 5.41) is 0. The van der Waals surface area contributed by atoms with Crippen LogP contribution in [0.25, 0.3) is 0 Å². The molecule has 0 aliphatic heterocycles. The van der Waals surface area contributed by atoms with Crippen LogP contribution in [0.1, 0.15) is 36.5 Å². The van der Waals surface area contributed by atoms with Crippen LogP contribution in [-0.2, 0) is 29.4 Å². The van der Waals surface area contributed by atoms with Crippen LogP contribution >= 0.6 is 0 Å². The number of methoxy groups -OCH3 is 1. The van der Waals surface area contributed by atoms with Crippen molar-refractivity contribution in [3.05, 3.63) is 53.1 Å². The Balaban J connectivity index is 1.83. The largest absolute Gasteiger partial charge is 0.495 e. The van der Waals surface area contributed by atoms with Gasteiger partial charge in [-0.25, -0.2) is 13.1 Å². The van der Waals surface area contributed by atoms with Gasteiger partial charge in [0.2, 0.25) is 10.0 Å². The Morgan fingerprint density at radius 2 is 1.81 bits per heavy atom. The van der Waals surface area contributed by atoms with Crippen LogP contribution < -0.4 is 14.2 Å². The molecule has 1 aliphatic rings. The molecule has 3 rings (SSSR count). The summed E-state index contributed by atoms with van der Waals surface area (Å²) in [6.45, 7) is 2.68. The van der Waals surface area contributed by atoms with E-state index < -0.39 is 10.0 Å². The number of sulfonamides is 1. The molecule has 0 spiro atoms. The molecule has 140 valence electrons. The first-order valence-electron chi connectivity index (χ1n) is 8.94. The zero-order valence-corrected chi connectivity index (χ0v) is 16.1. The summed E-state index contributed by atoms with van der Waals surface area (Å²) in [4.78, 5) is 0.210. The minimum atomic E-state index is -3.68. The summed E-state index contributed by atoms with van der Waals surface area (Å²) in [7, 11) is -2.17. The van der Waals surface area contributed by atoms with Gasteiger partial charge in [-0.1, -0.05) is 12.1 Å². The average Bonchev–Trinajstić information content (AvgIpc) is 2.66. The number of nitrogens with one attached hydrogen (secondary N) is 1. The van der Waals surface area contributed by atoms with Crippen molar-refractivity contribution in [2.45, 2.75) is 44.0 Å². The lowest BCUT2D eigenvalue weighted by atomic mass is 9.92. The first-order chi connectivity index (χ1) is 12.5. The molecule has 2 aromatic rings. The molecule has 0 saturated heterocycles. The Morgan fingerprint density at radius 3 is 2.50 bits per heavy atom. The predicted octanol–water partition coefficient (Wildman–Crippen LogP) is 3.45. The lowest BCUT2D eigenvalue weighted by Crippen LogP contribution is -2.24. The Labute approximate surface area is 155 Å². The predicted molar refractivity (Wildman–Crippen MR) is 101 cm³/mol. The molecule has 0 amide bonds. The molecular formula is C20H25NO4S. The highest BCUT2D eigenvalue weighted by Gasteiger charge is 2.23. The van der Waals surface area contributed by atoms with Crippen LogP contribution in [0.15, 0.2) is 41.3 Å². The van der Waals surface area contributed by atoms with E-state index in [1.807, 2.05) is 37.3 Å². The third-order valence-corrected chi connectivity index (χ3v) is 6.02. The minimum Gasteiger partial charge on any atom is -0.495 e. The Bertz CT molecular complexity index is 877. The van der Waals surface area contributed by atoms with Crippen molar-refractivity contribution in [3.8, 4) is 11.5 Å². The number of hydrogen-bond donors (Lipinski definition) is 1. The number of hydrogen-bond acceptors (Lipinski definition) is 4. The first kappa shape index (κ1) is 18.7. The number of rotatable bonds is 7. The van der Waals surface area contributed by atoms with E-state index in [4.69, 9.17) is 9.47 Å². The number of fused-ring (bicyclic) bond motifs is 1. The van der Waals surface area contributed by atoms with Crippen molar-refractivity contribution < 1.29 is 17.9 Å². The summed E-state index contributed by atoms with van der Waals surface area (Å²) in [6.07, 6.45) is 4.12. The molecule has 26 heavy (non-hydrogen) atoms. The molecule has 0 aromatic heterocycles. The minimum absolute atomic E-state index is 0.198. The first-order valence-corrected chi connectivity index (χ1v) is 10.4. The van der Waals surface area contributed by atoms with Gasteiger partial charge in [0.05, 0.1) is 13.7 Å². The average molecular weight is 375 g/mol. The van der Waals surface area contributed by atoms with Crippen molar-refractivity contribution in [1.82, 2.24) is 4.72 Å². The van der Waals surface area contributed by atoms with E-state index in [2.05, 4.69) is 4.72 Å². The Kier molecular flexibility index (Phi) is 5.84. The highest BCUT2D eigenvalue weighted by atomic mass is 32.2. The Morgan fingerprint density at radius 1 is 1.08 bits per heavy atom. The normalized spacial score (nSPS) is 13.9. The van der Waals surface area contributed by atoms with Crippen molar-refractivity contribution in [3.63, 3.8) is 0 Å². The van der Waals surface area contributed by atoms with Crippen LogP contribution in [0.5, 0.6) is 11.5 Å². The fraction of sp³-hybridized carbons (Fsp3) is 0.400. The molecule has 5 nitrogen and oxygen atoms in total. The van der Waals surface area contributed by atoms with Gasteiger partial charge in [-0.05, 0) is 73.6 Å². The number of benzene rings is 2. The van der Waals surface area contributed by atoms with Gasteiger partial charge >= 0.3 is 0 Å². The van der Waals surface area contributed by atoms with Crippen LogP contribution in [0.2, 0.25) is 0 Å². The van der Waals surface area contributed by atoms with E-state index in [0.29, 0.717) is 12.4 Å². The molecule has 0 fully saturated rings. The van der Waals surface area contributed by atoms with Gasteiger partial charge < -0.3 is 9.47 Å². The van der Waals surface area contributed by atoms with Crippen LogP contribution in [0, 0.1) is 0 Å². The van der Waals surface area contributed by atoms with Crippen molar-refractivity contribution in [2.75, 3.05) is 13.7 Å². The van der Waals surface area contributed by atoms with Crippen molar-refractivity contribution >= 4 is 10.0 Å². The number of ether oxygens (including phenoxy) is 2. The second-order valence-corrected chi connectivity index (χ2v) is 8.12. The maximum absolute atomic E-state index is 12.9. The molecule has 1 aliphatic carbocycles. The zero-order valence-electron chi connectivity index (χ0n) is 15.2. The molecule has 0 heterocycles.